The van der Waals surface area contributed by atoms with E-state index in [1.807, 2.05) is 25.1 Å². The molecule has 0 heterocycles. The first-order valence-corrected chi connectivity index (χ1v) is 7.39. The highest BCUT2D eigenvalue weighted by molar-refractivity contribution is 9.10. The maximum absolute atomic E-state index is 10.2. The molecule has 0 saturated heterocycles. The maximum atomic E-state index is 10.2. The number of ether oxygens (including phenoxy) is 1. The molecule has 0 aliphatic heterocycles. The zero-order valence-electron chi connectivity index (χ0n) is 12.2. The summed E-state index contributed by atoms with van der Waals surface area (Å²) in [5, 5.41) is 13.5. The average Bonchev–Trinajstić information content (AvgIpc) is 2.27. The fourth-order valence-corrected chi connectivity index (χ4v) is 2.71. The van der Waals surface area contributed by atoms with Gasteiger partial charge in [-0.1, -0.05) is 29.8 Å². The Labute approximate surface area is 124 Å². The number of hydrogen-bond donors (Lipinski definition) is 2. The fraction of sp³-hybridized carbons (Fsp3) is 0.600. The Bertz CT molecular complexity index is 405. The fourth-order valence-electron chi connectivity index (χ4n) is 2.30. The number of aliphatic hydroxyl groups is 1. The average molecular weight is 330 g/mol. The predicted molar refractivity (Wildman–Crippen MR) is 82.5 cm³/mol. The van der Waals surface area contributed by atoms with Gasteiger partial charge in [0.2, 0.25) is 0 Å². The third-order valence-corrected chi connectivity index (χ3v) is 3.40. The third-order valence-electron chi connectivity index (χ3n) is 2.91. The van der Waals surface area contributed by atoms with E-state index in [1.54, 1.807) is 7.11 Å². The molecule has 0 amide bonds. The Morgan fingerprint density at radius 1 is 1.42 bits per heavy atom. The van der Waals surface area contributed by atoms with Crippen molar-refractivity contribution in [2.45, 2.75) is 39.3 Å². The quantitative estimate of drug-likeness (QED) is 0.806. The highest BCUT2D eigenvalue weighted by atomic mass is 79.9. The molecule has 0 aromatic heterocycles. The van der Waals surface area contributed by atoms with Crippen LogP contribution in [0.25, 0.3) is 0 Å². The molecule has 0 spiro atoms. The van der Waals surface area contributed by atoms with Gasteiger partial charge >= 0.3 is 0 Å². The van der Waals surface area contributed by atoms with Crippen molar-refractivity contribution in [2.24, 2.45) is 5.92 Å². The number of hydrogen-bond acceptors (Lipinski definition) is 3. The van der Waals surface area contributed by atoms with Crippen LogP contribution in [0.15, 0.2) is 22.7 Å². The Morgan fingerprint density at radius 3 is 2.68 bits per heavy atom. The van der Waals surface area contributed by atoms with Crippen molar-refractivity contribution in [2.75, 3.05) is 13.7 Å². The van der Waals surface area contributed by atoms with Crippen LogP contribution >= 0.6 is 15.9 Å². The van der Waals surface area contributed by atoms with Crippen LogP contribution < -0.4 is 10.1 Å². The van der Waals surface area contributed by atoms with Gasteiger partial charge in [-0.2, -0.15) is 0 Å². The van der Waals surface area contributed by atoms with E-state index in [2.05, 4.69) is 35.1 Å². The molecule has 0 aliphatic rings. The summed E-state index contributed by atoms with van der Waals surface area (Å²) in [5.74, 6) is 1.34. The van der Waals surface area contributed by atoms with Gasteiger partial charge < -0.3 is 15.2 Å². The lowest BCUT2D eigenvalue weighted by atomic mass is 9.94. The minimum Gasteiger partial charge on any atom is -0.496 e. The Hall–Kier alpha value is -0.580. The third kappa shape index (κ3) is 5.93. The van der Waals surface area contributed by atoms with Gasteiger partial charge in [0.25, 0.3) is 0 Å². The van der Waals surface area contributed by atoms with Crippen molar-refractivity contribution in [1.29, 1.82) is 0 Å². The van der Waals surface area contributed by atoms with Gasteiger partial charge in [-0.15, -0.1) is 0 Å². The molecular formula is C15H24BrNO2. The molecule has 0 bridgehead atoms. The summed E-state index contributed by atoms with van der Waals surface area (Å²) >= 11 is 3.46. The van der Waals surface area contributed by atoms with Gasteiger partial charge in [0.05, 0.1) is 12.7 Å². The minimum atomic E-state index is -0.673. The van der Waals surface area contributed by atoms with Crippen molar-refractivity contribution >= 4 is 15.9 Å². The molecule has 0 aliphatic carbocycles. The number of benzene rings is 1. The first-order valence-electron chi connectivity index (χ1n) is 6.59. The first kappa shape index (κ1) is 16.5. The zero-order valence-corrected chi connectivity index (χ0v) is 13.8. The molecular weight excluding hydrogens is 306 g/mol. The molecule has 2 N–H and O–H groups in total. The van der Waals surface area contributed by atoms with Crippen molar-refractivity contribution in [3.05, 3.63) is 28.2 Å². The molecule has 1 aromatic rings. The monoisotopic (exact) mass is 329 g/mol. The van der Waals surface area contributed by atoms with Crippen LogP contribution in [0.5, 0.6) is 5.75 Å². The molecule has 3 nitrogen and oxygen atoms in total. The number of nitrogens with one attached hydrogen (secondary N) is 1. The van der Waals surface area contributed by atoms with E-state index in [9.17, 15) is 5.11 Å². The van der Waals surface area contributed by atoms with Crippen LogP contribution in [-0.4, -0.2) is 24.4 Å². The lowest BCUT2D eigenvalue weighted by Gasteiger charge is -2.26. The number of rotatable bonds is 7. The Morgan fingerprint density at radius 2 is 2.11 bits per heavy atom. The number of halogens is 1. The summed E-state index contributed by atoms with van der Waals surface area (Å²) in [7, 11) is 1.67. The Kier molecular flexibility index (Phi) is 6.30. The van der Waals surface area contributed by atoms with E-state index in [0.29, 0.717) is 19.0 Å². The van der Waals surface area contributed by atoms with Gasteiger partial charge in [-0.3, -0.25) is 0 Å². The van der Waals surface area contributed by atoms with Crippen LogP contribution in [0.4, 0.5) is 0 Å². The van der Waals surface area contributed by atoms with Crippen LogP contribution in [-0.2, 0) is 6.54 Å². The first-order chi connectivity index (χ1) is 8.84. The van der Waals surface area contributed by atoms with Crippen molar-refractivity contribution in [3.63, 3.8) is 0 Å². The second-order valence-electron chi connectivity index (χ2n) is 5.65. The molecule has 1 unspecified atom stereocenters. The molecule has 19 heavy (non-hydrogen) atoms. The smallest absolute Gasteiger partial charge is 0.123 e. The van der Waals surface area contributed by atoms with E-state index in [0.717, 1.165) is 22.2 Å². The van der Waals surface area contributed by atoms with Crippen LogP contribution in [0.3, 0.4) is 0 Å². The van der Waals surface area contributed by atoms with Crippen LogP contribution in [0.1, 0.15) is 32.8 Å². The zero-order chi connectivity index (χ0) is 14.5. The van der Waals surface area contributed by atoms with Gasteiger partial charge in [-0.25, -0.2) is 0 Å². The molecule has 4 heteroatoms. The SMILES string of the molecule is COc1ccc(Br)cc1CNCC(C)(O)CC(C)C. The molecule has 1 rings (SSSR count). The van der Waals surface area contributed by atoms with Crippen molar-refractivity contribution < 1.29 is 9.84 Å². The van der Waals surface area contributed by atoms with Crippen molar-refractivity contribution in [1.82, 2.24) is 5.32 Å². The normalized spacial score (nSPS) is 14.5. The van der Waals surface area contributed by atoms with Crippen LogP contribution in [0, 0.1) is 5.92 Å². The minimum absolute atomic E-state index is 0.484. The van der Waals surface area contributed by atoms with E-state index in [1.165, 1.54) is 0 Å². The highest BCUT2D eigenvalue weighted by Crippen LogP contribution is 2.23. The molecule has 0 radical (unpaired) electrons. The summed E-state index contributed by atoms with van der Waals surface area (Å²) in [5.41, 5.74) is 0.408. The molecule has 0 fully saturated rings. The summed E-state index contributed by atoms with van der Waals surface area (Å²) < 4.78 is 6.35. The molecule has 1 atom stereocenters. The van der Waals surface area contributed by atoms with Gasteiger partial charge in [0.1, 0.15) is 5.75 Å². The number of methoxy groups -OCH3 is 1. The van der Waals surface area contributed by atoms with E-state index >= 15 is 0 Å². The van der Waals surface area contributed by atoms with E-state index < -0.39 is 5.60 Å². The lowest BCUT2D eigenvalue weighted by molar-refractivity contribution is 0.0383. The molecule has 108 valence electrons. The standard InChI is InChI=1S/C15H24BrNO2/c1-11(2)8-15(3,18)10-17-9-12-7-13(16)5-6-14(12)19-4/h5-7,11,17-18H,8-10H2,1-4H3. The van der Waals surface area contributed by atoms with Crippen molar-refractivity contribution in [3.8, 4) is 5.75 Å². The van der Waals surface area contributed by atoms with Gasteiger partial charge in [-0.05, 0) is 37.5 Å². The lowest BCUT2D eigenvalue weighted by Crippen LogP contribution is -2.38. The molecule has 1 aromatic carbocycles. The van der Waals surface area contributed by atoms with E-state index in [-0.39, 0.29) is 0 Å². The Balaban J connectivity index is 2.55. The second kappa shape index (κ2) is 7.27. The largest absolute Gasteiger partial charge is 0.496 e. The summed E-state index contributed by atoms with van der Waals surface area (Å²) in [6.07, 6.45) is 0.787. The van der Waals surface area contributed by atoms with Gasteiger partial charge in [0, 0.05) is 23.1 Å². The molecule has 0 saturated carbocycles. The summed E-state index contributed by atoms with van der Waals surface area (Å²) in [6.45, 7) is 7.35. The van der Waals surface area contributed by atoms with Crippen LogP contribution in [0.2, 0.25) is 0 Å². The topological polar surface area (TPSA) is 41.5 Å². The predicted octanol–water partition coefficient (Wildman–Crippen LogP) is 3.34. The summed E-state index contributed by atoms with van der Waals surface area (Å²) in [6, 6.07) is 5.92. The highest BCUT2D eigenvalue weighted by Gasteiger charge is 2.21. The van der Waals surface area contributed by atoms with E-state index in [4.69, 9.17) is 4.74 Å². The van der Waals surface area contributed by atoms with Gasteiger partial charge in [0.15, 0.2) is 0 Å². The maximum Gasteiger partial charge on any atom is 0.123 e. The second-order valence-corrected chi connectivity index (χ2v) is 6.57. The summed E-state index contributed by atoms with van der Waals surface area (Å²) in [4.78, 5) is 0.